The standard InChI is InChI=1S/C29H28O7/c1-3-5-7-16-11-21-25(14-23(16)30)36-26-15-24(31)17(8-6-4-2)12-22(26)27(21)19-10-9-18(28(32)33)13-20(19)29(34)35/h9-15,30H,3-8H2,1-2H3,(H,32,33)(H,34,35). The van der Waals surface area contributed by atoms with Crippen LogP contribution in [0.2, 0.25) is 0 Å². The lowest BCUT2D eigenvalue weighted by Gasteiger charge is -2.19. The minimum Gasteiger partial charge on any atom is -0.508 e. The van der Waals surface area contributed by atoms with Crippen molar-refractivity contribution in [3.05, 3.63) is 74.9 Å². The third-order valence-electron chi connectivity index (χ3n) is 6.47. The van der Waals surface area contributed by atoms with E-state index >= 15 is 0 Å². The van der Waals surface area contributed by atoms with Gasteiger partial charge in [-0.05, 0) is 61.1 Å². The Morgan fingerprint density at radius 2 is 1.53 bits per heavy atom. The number of carboxylic acid groups (broad SMARTS) is 2. The summed E-state index contributed by atoms with van der Waals surface area (Å²) in [6, 6.07) is 10.4. The van der Waals surface area contributed by atoms with Crippen LogP contribution in [0.5, 0.6) is 5.75 Å². The van der Waals surface area contributed by atoms with Crippen LogP contribution in [-0.4, -0.2) is 27.3 Å². The molecule has 1 heterocycles. The Bertz CT molecular complexity index is 1500. The maximum absolute atomic E-state index is 12.8. The molecule has 3 N–H and O–H groups in total. The SMILES string of the molecule is CCCCc1cc2c(-c3ccc(C(=O)O)cc3C(=O)O)c3cc(CCCC)c(=O)cc-3oc2cc1O. The Balaban J connectivity index is 2.14. The Hall–Kier alpha value is -4.13. The number of carboxylic acids is 2. The molecule has 1 aliphatic heterocycles. The van der Waals surface area contributed by atoms with E-state index in [0.29, 0.717) is 51.6 Å². The minimum absolute atomic E-state index is 0.0617. The van der Waals surface area contributed by atoms with Crippen molar-refractivity contribution in [1.82, 2.24) is 0 Å². The summed E-state index contributed by atoms with van der Waals surface area (Å²) in [5.41, 5.74) is 2.51. The molecule has 0 amide bonds. The van der Waals surface area contributed by atoms with Crippen molar-refractivity contribution in [3.63, 3.8) is 0 Å². The Morgan fingerprint density at radius 3 is 2.17 bits per heavy atom. The normalized spacial score (nSPS) is 11.3. The number of fused-ring (bicyclic) bond motifs is 2. The topological polar surface area (TPSA) is 125 Å². The maximum atomic E-state index is 12.8. The van der Waals surface area contributed by atoms with E-state index < -0.39 is 11.9 Å². The van der Waals surface area contributed by atoms with Gasteiger partial charge in [0.25, 0.3) is 0 Å². The lowest BCUT2D eigenvalue weighted by molar-refractivity contribution is 0.0696. The van der Waals surface area contributed by atoms with Crippen LogP contribution < -0.4 is 5.43 Å². The summed E-state index contributed by atoms with van der Waals surface area (Å²) in [4.78, 5) is 36.6. The van der Waals surface area contributed by atoms with Gasteiger partial charge < -0.3 is 19.7 Å². The average Bonchev–Trinajstić information content (AvgIpc) is 2.84. The molecule has 0 fully saturated rings. The van der Waals surface area contributed by atoms with Crippen LogP contribution in [0.3, 0.4) is 0 Å². The van der Waals surface area contributed by atoms with Gasteiger partial charge in [-0.25, -0.2) is 9.59 Å². The minimum atomic E-state index is -1.27. The van der Waals surface area contributed by atoms with Gasteiger partial charge in [0, 0.05) is 34.2 Å². The smallest absolute Gasteiger partial charge is 0.336 e. The molecule has 0 aromatic heterocycles. The van der Waals surface area contributed by atoms with Crippen molar-refractivity contribution >= 4 is 22.9 Å². The molecule has 0 saturated carbocycles. The number of aromatic carboxylic acids is 2. The third-order valence-corrected chi connectivity index (χ3v) is 6.47. The van der Waals surface area contributed by atoms with Crippen molar-refractivity contribution in [3.8, 4) is 28.2 Å². The Kier molecular flexibility index (Phi) is 7.10. The number of phenolic OH excluding ortho intramolecular Hbond substituents is 1. The molecule has 4 rings (SSSR count). The van der Waals surface area contributed by atoms with Gasteiger partial charge in [0.05, 0.1) is 11.1 Å². The van der Waals surface area contributed by atoms with E-state index in [9.17, 15) is 29.7 Å². The molecule has 0 atom stereocenters. The first-order valence-electron chi connectivity index (χ1n) is 12.1. The molecule has 7 heteroatoms. The highest BCUT2D eigenvalue weighted by molar-refractivity contribution is 6.08. The second-order valence-corrected chi connectivity index (χ2v) is 8.99. The Labute approximate surface area is 208 Å². The summed E-state index contributed by atoms with van der Waals surface area (Å²) in [5.74, 6) is -2.17. The van der Waals surface area contributed by atoms with Gasteiger partial charge in [-0.15, -0.1) is 0 Å². The molecule has 0 unspecified atom stereocenters. The number of unbranched alkanes of at least 4 members (excludes halogenated alkanes) is 2. The van der Waals surface area contributed by atoms with E-state index in [1.165, 1.54) is 24.3 Å². The molecule has 1 aliphatic carbocycles. The molecule has 0 bridgehead atoms. The highest BCUT2D eigenvalue weighted by Crippen LogP contribution is 2.43. The third kappa shape index (κ3) is 4.69. The zero-order chi connectivity index (χ0) is 26.0. The summed E-state index contributed by atoms with van der Waals surface area (Å²) >= 11 is 0. The van der Waals surface area contributed by atoms with E-state index in [4.69, 9.17) is 4.42 Å². The number of benzene rings is 3. The molecule has 0 radical (unpaired) electrons. The molecule has 2 aromatic carbocycles. The van der Waals surface area contributed by atoms with E-state index in [2.05, 4.69) is 0 Å². The first kappa shape index (κ1) is 25.0. The van der Waals surface area contributed by atoms with Gasteiger partial charge in [0.1, 0.15) is 17.1 Å². The largest absolute Gasteiger partial charge is 0.508 e. The number of phenols is 1. The summed E-state index contributed by atoms with van der Waals surface area (Å²) in [6.07, 6.45) is 4.72. The van der Waals surface area contributed by atoms with Gasteiger partial charge in [0.2, 0.25) is 0 Å². The number of carbonyl (C=O) groups is 2. The highest BCUT2D eigenvalue weighted by atomic mass is 16.4. The number of hydrogen-bond donors (Lipinski definition) is 3. The van der Waals surface area contributed by atoms with Gasteiger partial charge in [-0.2, -0.15) is 0 Å². The van der Waals surface area contributed by atoms with E-state index in [1.807, 2.05) is 13.8 Å². The number of hydrogen-bond acceptors (Lipinski definition) is 5. The average molecular weight is 489 g/mol. The quantitative estimate of drug-likeness (QED) is 0.234. The first-order valence-corrected chi connectivity index (χ1v) is 12.1. The van der Waals surface area contributed by atoms with Crippen molar-refractivity contribution in [2.75, 3.05) is 0 Å². The van der Waals surface area contributed by atoms with Crippen LogP contribution in [0.25, 0.3) is 33.4 Å². The van der Waals surface area contributed by atoms with E-state index in [0.717, 1.165) is 31.7 Å². The number of aromatic hydroxyl groups is 1. The predicted octanol–water partition coefficient (Wildman–Crippen LogP) is 6.35. The number of aryl methyl sites for hydroxylation is 2. The second kappa shape index (κ2) is 10.2. The van der Waals surface area contributed by atoms with Crippen LogP contribution in [0.1, 0.15) is 71.4 Å². The molecule has 36 heavy (non-hydrogen) atoms. The van der Waals surface area contributed by atoms with Crippen molar-refractivity contribution in [1.29, 1.82) is 0 Å². The van der Waals surface area contributed by atoms with Gasteiger partial charge >= 0.3 is 11.9 Å². The summed E-state index contributed by atoms with van der Waals surface area (Å²) in [5, 5.41) is 30.6. The second-order valence-electron chi connectivity index (χ2n) is 8.99. The highest BCUT2D eigenvalue weighted by Gasteiger charge is 2.24. The molecule has 2 aromatic rings. The molecule has 2 aliphatic rings. The lowest BCUT2D eigenvalue weighted by atomic mass is 9.87. The van der Waals surface area contributed by atoms with Crippen LogP contribution in [0.4, 0.5) is 0 Å². The fraction of sp³-hybridized carbons (Fsp3) is 0.276. The predicted molar refractivity (Wildman–Crippen MR) is 137 cm³/mol. The zero-order valence-corrected chi connectivity index (χ0v) is 20.3. The monoisotopic (exact) mass is 488 g/mol. The van der Waals surface area contributed by atoms with Crippen molar-refractivity contribution in [2.24, 2.45) is 0 Å². The van der Waals surface area contributed by atoms with Crippen LogP contribution in [-0.2, 0) is 12.8 Å². The summed E-state index contributed by atoms with van der Waals surface area (Å²) in [6.45, 7) is 4.08. The molecule has 186 valence electrons. The van der Waals surface area contributed by atoms with E-state index in [1.54, 1.807) is 12.1 Å². The van der Waals surface area contributed by atoms with E-state index in [-0.39, 0.29) is 28.1 Å². The molecule has 7 nitrogen and oxygen atoms in total. The summed E-state index contributed by atoms with van der Waals surface area (Å²) in [7, 11) is 0. The fourth-order valence-electron chi connectivity index (χ4n) is 4.54. The van der Waals surface area contributed by atoms with Gasteiger partial charge in [-0.3, -0.25) is 4.79 Å². The lowest BCUT2D eigenvalue weighted by Crippen LogP contribution is -2.10. The molecule has 0 spiro atoms. The summed E-state index contributed by atoms with van der Waals surface area (Å²) < 4.78 is 6.05. The first-order chi connectivity index (χ1) is 17.2. The van der Waals surface area contributed by atoms with Crippen molar-refractivity contribution in [2.45, 2.75) is 52.4 Å². The maximum Gasteiger partial charge on any atom is 0.336 e. The van der Waals surface area contributed by atoms with Crippen molar-refractivity contribution < 1.29 is 29.3 Å². The number of rotatable bonds is 9. The zero-order valence-electron chi connectivity index (χ0n) is 20.3. The van der Waals surface area contributed by atoms with Gasteiger partial charge in [0.15, 0.2) is 5.43 Å². The molecule has 0 saturated heterocycles. The molecular weight excluding hydrogens is 460 g/mol. The fourth-order valence-corrected chi connectivity index (χ4v) is 4.54. The van der Waals surface area contributed by atoms with Gasteiger partial charge in [-0.1, -0.05) is 32.8 Å². The molecular formula is C29H28O7. The Morgan fingerprint density at radius 1 is 0.833 bits per heavy atom. The van der Waals surface area contributed by atoms with Crippen LogP contribution >= 0.6 is 0 Å². The van der Waals surface area contributed by atoms with Crippen LogP contribution in [0, 0.1) is 0 Å². The van der Waals surface area contributed by atoms with Crippen LogP contribution in [0.15, 0.2) is 51.7 Å².